The highest BCUT2D eigenvalue weighted by Gasteiger charge is 2.32. The summed E-state index contributed by atoms with van der Waals surface area (Å²) in [4.78, 5) is 34.3. The molecule has 4 aromatic rings. The molecule has 1 saturated carbocycles. The Labute approximate surface area is 253 Å². The number of nitrogens with zero attached hydrogens (tertiary/aromatic N) is 5. The molecule has 6 rings (SSSR count). The Balaban J connectivity index is 1.22. The first-order valence-corrected chi connectivity index (χ1v) is 14.8. The summed E-state index contributed by atoms with van der Waals surface area (Å²) >= 11 is 0. The Hall–Kier alpha value is -4.29. The maximum absolute atomic E-state index is 13.8. The number of carbonyl (C=O) groups excluding carboxylic acids is 2. The minimum absolute atomic E-state index is 0.0259. The molecule has 2 fully saturated rings. The summed E-state index contributed by atoms with van der Waals surface area (Å²) in [6, 6.07) is 12.5. The number of halogens is 3. The number of alkyl halides is 3. The van der Waals surface area contributed by atoms with Gasteiger partial charge >= 0.3 is 6.18 Å². The molecule has 230 valence electrons. The number of amides is 2. The van der Waals surface area contributed by atoms with E-state index in [0.29, 0.717) is 23.3 Å². The molecule has 0 bridgehead atoms. The van der Waals surface area contributed by atoms with Crippen LogP contribution in [0, 0.1) is 12.8 Å². The van der Waals surface area contributed by atoms with E-state index < -0.39 is 17.6 Å². The van der Waals surface area contributed by atoms with Gasteiger partial charge in [-0.05, 0) is 85.5 Å². The number of benzene rings is 2. The Bertz CT molecular complexity index is 1710. The van der Waals surface area contributed by atoms with E-state index in [2.05, 4.69) is 37.4 Å². The number of aromatic nitrogens is 3. The van der Waals surface area contributed by atoms with Crippen molar-refractivity contribution in [3.05, 3.63) is 77.0 Å². The van der Waals surface area contributed by atoms with Crippen molar-refractivity contribution < 1.29 is 22.8 Å². The van der Waals surface area contributed by atoms with Gasteiger partial charge in [-0.25, -0.2) is 4.52 Å². The molecule has 1 aliphatic heterocycles. The molecule has 2 aromatic heterocycles. The molecule has 0 atom stereocenters. The smallest absolute Gasteiger partial charge is 0.322 e. The van der Waals surface area contributed by atoms with Gasteiger partial charge in [0.15, 0.2) is 5.65 Å². The maximum Gasteiger partial charge on any atom is 0.416 e. The number of hydrogen-bond acceptors (Lipinski definition) is 6. The predicted octanol–water partition coefficient (Wildman–Crippen LogP) is 5.46. The molecule has 0 unspecified atom stereocenters. The molecule has 44 heavy (non-hydrogen) atoms. The number of aryl methyl sites for hydroxylation is 1. The average Bonchev–Trinajstić information content (AvgIpc) is 3.77. The van der Waals surface area contributed by atoms with Crippen molar-refractivity contribution in [1.82, 2.24) is 24.4 Å². The molecule has 1 aliphatic carbocycles. The van der Waals surface area contributed by atoms with Crippen LogP contribution in [0.4, 0.5) is 24.8 Å². The van der Waals surface area contributed by atoms with Crippen molar-refractivity contribution in [3.63, 3.8) is 0 Å². The minimum atomic E-state index is -4.55. The number of pyridine rings is 1. The van der Waals surface area contributed by atoms with Crippen molar-refractivity contribution in [2.45, 2.75) is 39.4 Å². The van der Waals surface area contributed by atoms with Crippen LogP contribution in [-0.2, 0) is 17.5 Å². The first-order chi connectivity index (χ1) is 21.1. The standard InChI is InChI=1S/C32H34F3N7O2/c1-3-40-10-12-41(13-11-40)18-21-14-25(32(33,34)35)17-26(15-21)36-30(44)23-5-4-20(2)27(16-23)24-8-9-28-37-31(39-42(28)19-24)38-29(43)22-6-7-22/h4-5,8-9,14-17,19,22H,3,6-7,10-13,18H2,1-2H3,(H,36,44)(H,38,39,43). The summed E-state index contributed by atoms with van der Waals surface area (Å²) in [5.41, 5.74) is 3.07. The number of carbonyl (C=O) groups is 2. The summed E-state index contributed by atoms with van der Waals surface area (Å²) in [6.45, 7) is 8.61. The van der Waals surface area contributed by atoms with Crippen LogP contribution in [0.5, 0.6) is 0 Å². The van der Waals surface area contributed by atoms with Gasteiger partial charge in [0.1, 0.15) is 0 Å². The van der Waals surface area contributed by atoms with E-state index in [1.165, 1.54) is 0 Å². The van der Waals surface area contributed by atoms with Crippen LogP contribution < -0.4 is 10.6 Å². The third-order valence-electron chi connectivity index (χ3n) is 8.22. The molecule has 2 amide bonds. The largest absolute Gasteiger partial charge is 0.416 e. The fraction of sp³-hybridized carbons (Fsp3) is 0.375. The molecule has 9 nitrogen and oxygen atoms in total. The highest BCUT2D eigenvalue weighted by molar-refractivity contribution is 6.05. The second-order valence-corrected chi connectivity index (χ2v) is 11.5. The molecule has 0 spiro atoms. The zero-order chi connectivity index (χ0) is 31.0. The topological polar surface area (TPSA) is 94.9 Å². The third kappa shape index (κ3) is 6.76. The van der Waals surface area contributed by atoms with E-state index in [9.17, 15) is 22.8 Å². The summed E-state index contributed by atoms with van der Waals surface area (Å²) in [5.74, 6) is -0.344. The number of likely N-dealkylation sites (N-methyl/N-ethyl adjacent to an activating group) is 1. The molecule has 1 saturated heterocycles. The van der Waals surface area contributed by atoms with Gasteiger partial charge in [0, 0.05) is 61.7 Å². The highest BCUT2D eigenvalue weighted by atomic mass is 19.4. The molecular weight excluding hydrogens is 571 g/mol. The van der Waals surface area contributed by atoms with Gasteiger partial charge < -0.3 is 10.2 Å². The molecule has 12 heteroatoms. The summed E-state index contributed by atoms with van der Waals surface area (Å²) in [5, 5.41) is 9.81. The molecule has 2 aliphatic rings. The third-order valence-corrected chi connectivity index (χ3v) is 8.22. The van der Waals surface area contributed by atoms with E-state index in [0.717, 1.165) is 74.4 Å². The average molecular weight is 606 g/mol. The fourth-order valence-electron chi connectivity index (χ4n) is 5.47. The molecule has 0 radical (unpaired) electrons. The molecule has 2 aromatic carbocycles. The number of rotatable bonds is 8. The fourth-order valence-corrected chi connectivity index (χ4v) is 5.47. The first kappa shape index (κ1) is 29.8. The lowest BCUT2D eigenvalue weighted by Gasteiger charge is -2.34. The number of hydrogen-bond donors (Lipinski definition) is 2. The van der Waals surface area contributed by atoms with Crippen molar-refractivity contribution >= 4 is 29.1 Å². The lowest BCUT2D eigenvalue weighted by Crippen LogP contribution is -2.45. The van der Waals surface area contributed by atoms with Crippen LogP contribution in [0.15, 0.2) is 54.7 Å². The lowest BCUT2D eigenvalue weighted by atomic mass is 9.99. The normalized spacial score (nSPS) is 16.3. The van der Waals surface area contributed by atoms with E-state index in [4.69, 9.17) is 0 Å². The van der Waals surface area contributed by atoms with Gasteiger partial charge in [-0.15, -0.1) is 5.10 Å². The van der Waals surface area contributed by atoms with E-state index in [1.807, 2.05) is 13.0 Å². The van der Waals surface area contributed by atoms with Crippen LogP contribution in [0.25, 0.3) is 16.8 Å². The molecular formula is C32H34F3N7O2. The van der Waals surface area contributed by atoms with Crippen molar-refractivity contribution in [1.29, 1.82) is 0 Å². The Kier molecular flexibility index (Phi) is 8.12. The molecule has 2 N–H and O–H groups in total. The van der Waals surface area contributed by atoms with Gasteiger partial charge in [-0.1, -0.05) is 13.0 Å². The number of anilines is 2. The van der Waals surface area contributed by atoms with Crippen LogP contribution in [0.2, 0.25) is 0 Å². The summed E-state index contributed by atoms with van der Waals surface area (Å²) in [6.07, 6.45) is -1.04. The zero-order valence-corrected chi connectivity index (χ0v) is 24.6. The Morgan fingerprint density at radius 1 is 0.955 bits per heavy atom. The van der Waals surface area contributed by atoms with Crippen molar-refractivity contribution in [2.75, 3.05) is 43.4 Å². The van der Waals surface area contributed by atoms with Gasteiger partial charge in [-0.2, -0.15) is 18.2 Å². The van der Waals surface area contributed by atoms with Crippen LogP contribution >= 0.6 is 0 Å². The monoisotopic (exact) mass is 605 g/mol. The van der Waals surface area contributed by atoms with Crippen molar-refractivity contribution in [2.24, 2.45) is 5.92 Å². The predicted molar refractivity (Wildman–Crippen MR) is 161 cm³/mol. The Morgan fingerprint density at radius 3 is 2.41 bits per heavy atom. The van der Waals surface area contributed by atoms with Crippen LogP contribution in [0.3, 0.4) is 0 Å². The number of piperazine rings is 1. The van der Waals surface area contributed by atoms with Gasteiger partial charge in [0.2, 0.25) is 11.9 Å². The number of fused-ring (bicyclic) bond motifs is 1. The van der Waals surface area contributed by atoms with Gasteiger partial charge in [0.05, 0.1) is 5.56 Å². The van der Waals surface area contributed by atoms with E-state index >= 15 is 0 Å². The number of nitrogens with one attached hydrogen (secondary N) is 2. The highest BCUT2D eigenvalue weighted by Crippen LogP contribution is 2.33. The minimum Gasteiger partial charge on any atom is -0.322 e. The maximum atomic E-state index is 13.8. The lowest BCUT2D eigenvalue weighted by molar-refractivity contribution is -0.137. The van der Waals surface area contributed by atoms with Crippen LogP contribution in [-0.4, -0.2) is 68.9 Å². The second kappa shape index (κ2) is 12.0. The molecule has 3 heterocycles. The summed E-state index contributed by atoms with van der Waals surface area (Å²) in [7, 11) is 0. The zero-order valence-electron chi connectivity index (χ0n) is 24.6. The Morgan fingerprint density at radius 2 is 1.70 bits per heavy atom. The summed E-state index contributed by atoms with van der Waals surface area (Å²) < 4.78 is 43.0. The first-order valence-electron chi connectivity index (χ1n) is 14.8. The van der Waals surface area contributed by atoms with Gasteiger partial charge in [0.25, 0.3) is 5.91 Å². The van der Waals surface area contributed by atoms with Crippen molar-refractivity contribution in [3.8, 4) is 11.1 Å². The SMILES string of the molecule is CCN1CCN(Cc2cc(NC(=O)c3ccc(C)c(-c4ccc5nc(NC(=O)C6CC6)nn5c4)c3)cc(C(F)(F)F)c2)CC1. The quantitative estimate of drug-likeness (QED) is 0.277. The van der Waals surface area contributed by atoms with Gasteiger partial charge in [-0.3, -0.25) is 19.8 Å². The van der Waals surface area contributed by atoms with E-state index in [1.54, 1.807) is 41.0 Å². The van der Waals surface area contributed by atoms with E-state index in [-0.39, 0.29) is 23.5 Å². The second-order valence-electron chi connectivity index (χ2n) is 11.5. The van der Waals surface area contributed by atoms with Crippen LogP contribution in [0.1, 0.15) is 46.8 Å².